The summed E-state index contributed by atoms with van der Waals surface area (Å²) in [5.74, 6) is 0.799. The van der Waals surface area contributed by atoms with Crippen molar-refractivity contribution in [2.75, 3.05) is 0 Å². The van der Waals surface area contributed by atoms with Gasteiger partial charge in [0.2, 0.25) is 0 Å². The molecule has 66 valence electrons. The molecule has 1 aromatic heterocycles. The van der Waals surface area contributed by atoms with E-state index >= 15 is 0 Å². The second-order valence-corrected chi connectivity index (χ2v) is 3.52. The average molecular weight is 164 g/mol. The Hall–Kier alpha value is -0.790. The van der Waals surface area contributed by atoms with E-state index in [0.29, 0.717) is 0 Å². The van der Waals surface area contributed by atoms with Gasteiger partial charge in [0.1, 0.15) is 0 Å². The molecule has 1 fully saturated rings. The predicted octanol–water partition coefficient (Wildman–Crippen LogP) is 2.34. The lowest BCUT2D eigenvalue weighted by molar-refractivity contribution is 0.647. The van der Waals surface area contributed by atoms with E-state index in [1.54, 1.807) is 0 Å². The lowest BCUT2D eigenvalue weighted by atomic mass is 10.1. The van der Waals surface area contributed by atoms with Crippen LogP contribution in [-0.4, -0.2) is 9.78 Å². The molecule has 0 aromatic carbocycles. The highest BCUT2D eigenvalue weighted by atomic mass is 15.3. The maximum atomic E-state index is 4.58. The lowest BCUT2D eigenvalue weighted by Crippen LogP contribution is -1.94. The summed E-state index contributed by atoms with van der Waals surface area (Å²) >= 11 is 0. The minimum Gasteiger partial charge on any atom is -0.272 e. The van der Waals surface area contributed by atoms with Gasteiger partial charge in [-0.25, -0.2) is 0 Å². The molecule has 0 amide bonds. The van der Waals surface area contributed by atoms with Gasteiger partial charge in [0, 0.05) is 18.7 Å². The van der Waals surface area contributed by atoms with E-state index in [1.807, 2.05) is 0 Å². The van der Waals surface area contributed by atoms with Gasteiger partial charge < -0.3 is 0 Å². The molecule has 2 nitrogen and oxygen atoms in total. The van der Waals surface area contributed by atoms with Crippen molar-refractivity contribution in [1.82, 2.24) is 9.78 Å². The zero-order chi connectivity index (χ0) is 8.55. The highest BCUT2D eigenvalue weighted by Crippen LogP contribution is 2.40. The average Bonchev–Trinajstić information content (AvgIpc) is 2.85. The van der Waals surface area contributed by atoms with Crippen LogP contribution >= 0.6 is 0 Å². The van der Waals surface area contributed by atoms with Gasteiger partial charge in [0.05, 0.1) is 5.69 Å². The highest BCUT2D eigenvalue weighted by molar-refractivity contribution is 5.24. The first-order valence-corrected chi connectivity index (χ1v) is 4.91. The van der Waals surface area contributed by atoms with Gasteiger partial charge in [-0.05, 0) is 31.7 Å². The molecule has 1 heterocycles. The number of nitrogens with zero attached hydrogens (tertiary/aromatic N) is 2. The number of aryl methyl sites for hydroxylation is 2. The van der Waals surface area contributed by atoms with Crippen LogP contribution in [0.5, 0.6) is 0 Å². The van der Waals surface area contributed by atoms with Crippen LogP contribution in [0.4, 0.5) is 0 Å². The molecular formula is C10H16N2. The molecule has 1 saturated carbocycles. The van der Waals surface area contributed by atoms with Crippen LogP contribution in [-0.2, 0) is 13.0 Å². The van der Waals surface area contributed by atoms with Gasteiger partial charge in [0.25, 0.3) is 0 Å². The van der Waals surface area contributed by atoms with Crippen molar-refractivity contribution in [1.29, 1.82) is 0 Å². The largest absolute Gasteiger partial charge is 0.272 e. The number of hydrogen-bond donors (Lipinski definition) is 0. The zero-order valence-corrected chi connectivity index (χ0v) is 7.88. The minimum atomic E-state index is 0.799. The smallest absolute Gasteiger partial charge is 0.0687 e. The molecule has 1 aromatic rings. The van der Waals surface area contributed by atoms with Gasteiger partial charge in [-0.2, -0.15) is 5.10 Å². The first-order valence-electron chi connectivity index (χ1n) is 4.91. The van der Waals surface area contributed by atoms with Crippen molar-refractivity contribution in [3.8, 4) is 0 Å². The first-order chi connectivity index (χ1) is 5.85. The summed E-state index contributed by atoms with van der Waals surface area (Å²) in [5, 5.41) is 4.58. The summed E-state index contributed by atoms with van der Waals surface area (Å²) in [5.41, 5.74) is 2.83. The lowest BCUT2D eigenvalue weighted by Gasteiger charge is -1.93. The zero-order valence-electron chi connectivity index (χ0n) is 7.88. The Labute approximate surface area is 73.6 Å². The Balaban J connectivity index is 2.29. The van der Waals surface area contributed by atoms with E-state index in [0.717, 1.165) is 18.9 Å². The van der Waals surface area contributed by atoms with Crippen molar-refractivity contribution < 1.29 is 0 Å². The maximum Gasteiger partial charge on any atom is 0.0687 e. The van der Waals surface area contributed by atoms with E-state index in [2.05, 4.69) is 29.8 Å². The molecule has 0 N–H and O–H groups in total. The first kappa shape index (κ1) is 7.84. The van der Waals surface area contributed by atoms with Crippen LogP contribution in [0.15, 0.2) is 6.20 Å². The Morgan fingerprint density at radius 1 is 1.50 bits per heavy atom. The fraction of sp³-hybridized carbons (Fsp3) is 0.700. The number of hydrogen-bond acceptors (Lipinski definition) is 1. The monoisotopic (exact) mass is 164 g/mol. The van der Waals surface area contributed by atoms with Gasteiger partial charge in [-0.1, -0.05) is 6.92 Å². The molecule has 0 atom stereocenters. The topological polar surface area (TPSA) is 17.8 Å². The summed E-state index contributed by atoms with van der Waals surface area (Å²) in [6, 6.07) is 0. The third-order valence-corrected chi connectivity index (χ3v) is 2.54. The molecule has 2 rings (SSSR count). The molecule has 0 radical (unpaired) electrons. The van der Waals surface area contributed by atoms with Crippen molar-refractivity contribution in [2.45, 2.75) is 45.6 Å². The molecule has 12 heavy (non-hydrogen) atoms. The van der Waals surface area contributed by atoms with Gasteiger partial charge in [-0.15, -0.1) is 0 Å². The predicted molar refractivity (Wildman–Crippen MR) is 49.3 cm³/mol. The highest BCUT2D eigenvalue weighted by Gasteiger charge is 2.28. The van der Waals surface area contributed by atoms with Crippen LogP contribution in [0, 0.1) is 0 Å². The third-order valence-electron chi connectivity index (χ3n) is 2.54. The molecule has 0 spiro atoms. The Morgan fingerprint density at radius 3 is 2.75 bits per heavy atom. The minimum absolute atomic E-state index is 0.799. The number of aromatic nitrogens is 2. The van der Waals surface area contributed by atoms with Crippen molar-refractivity contribution in [2.24, 2.45) is 0 Å². The molecule has 1 aliphatic carbocycles. The fourth-order valence-electron chi connectivity index (χ4n) is 1.61. The standard InChI is InChI=1S/C10H16N2/c1-3-8-7-12(4-2)11-10(8)9-5-6-9/h7,9H,3-6H2,1-2H3. The van der Waals surface area contributed by atoms with Crippen molar-refractivity contribution in [3.05, 3.63) is 17.5 Å². The fourth-order valence-corrected chi connectivity index (χ4v) is 1.61. The summed E-state index contributed by atoms with van der Waals surface area (Å²) in [4.78, 5) is 0. The van der Waals surface area contributed by atoms with Crippen molar-refractivity contribution in [3.63, 3.8) is 0 Å². The van der Waals surface area contributed by atoms with Crippen LogP contribution in [0.25, 0.3) is 0 Å². The van der Waals surface area contributed by atoms with Crippen LogP contribution < -0.4 is 0 Å². The molecule has 0 aliphatic heterocycles. The molecule has 2 heteroatoms. The van der Waals surface area contributed by atoms with Gasteiger partial charge in [0.15, 0.2) is 0 Å². The normalized spacial score (nSPS) is 16.8. The van der Waals surface area contributed by atoms with Crippen molar-refractivity contribution >= 4 is 0 Å². The molecule has 0 unspecified atom stereocenters. The van der Waals surface area contributed by atoms with E-state index < -0.39 is 0 Å². The maximum absolute atomic E-state index is 4.58. The molecular weight excluding hydrogens is 148 g/mol. The SMILES string of the molecule is CCc1cn(CC)nc1C1CC1. The molecule has 0 saturated heterocycles. The van der Waals surface area contributed by atoms with E-state index in [9.17, 15) is 0 Å². The summed E-state index contributed by atoms with van der Waals surface area (Å²) < 4.78 is 2.06. The van der Waals surface area contributed by atoms with Crippen LogP contribution in [0.2, 0.25) is 0 Å². The van der Waals surface area contributed by atoms with E-state index in [4.69, 9.17) is 0 Å². The van der Waals surface area contributed by atoms with Crippen LogP contribution in [0.1, 0.15) is 43.9 Å². The summed E-state index contributed by atoms with van der Waals surface area (Å²) in [6.07, 6.45) is 6.04. The molecule has 0 bridgehead atoms. The Kier molecular flexibility index (Phi) is 1.91. The molecule has 1 aliphatic rings. The van der Waals surface area contributed by atoms with E-state index in [1.165, 1.54) is 24.1 Å². The summed E-state index contributed by atoms with van der Waals surface area (Å²) in [7, 11) is 0. The third kappa shape index (κ3) is 1.26. The van der Waals surface area contributed by atoms with Crippen LogP contribution in [0.3, 0.4) is 0 Å². The summed E-state index contributed by atoms with van der Waals surface area (Å²) in [6.45, 7) is 5.35. The van der Waals surface area contributed by atoms with E-state index in [-0.39, 0.29) is 0 Å². The van der Waals surface area contributed by atoms with Gasteiger partial charge in [-0.3, -0.25) is 4.68 Å². The second kappa shape index (κ2) is 2.92. The van der Waals surface area contributed by atoms with Gasteiger partial charge >= 0.3 is 0 Å². The Morgan fingerprint density at radius 2 is 2.25 bits per heavy atom. The number of rotatable bonds is 3. The second-order valence-electron chi connectivity index (χ2n) is 3.52. The quantitative estimate of drug-likeness (QED) is 0.670. The Bertz CT molecular complexity index is 271.